The largest absolute Gasteiger partial charge is 0.355 e. The quantitative estimate of drug-likeness (QED) is 0.495. The lowest BCUT2D eigenvalue weighted by Crippen LogP contribution is -2.33. The topological polar surface area (TPSA) is 64.0 Å². The first-order chi connectivity index (χ1) is 14.0. The van der Waals surface area contributed by atoms with Gasteiger partial charge in [0.05, 0.1) is 22.3 Å². The van der Waals surface area contributed by atoms with Gasteiger partial charge in [-0.3, -0.25) is 14.2 Å². The molecule has 6 heteroatoms. The molecule has 0 radical (unpaired) electrons. The van der Waals surface area contributed by atoms with Crippen LogP contribution in [0, 0.1) is 19.8 Å². The number of carbonyl (C=O) groups is 1. The second-order valence-electron chi connectivity index (χ2n) is 7.66. The van der Waals surface area contributed by atoms with E-state index >= 15 is 0 Å². The third-order valence-corrected chi connectivity index (χ3v) is 6.65. The maximum absolute atomic E-state index is 13.3. The van der Waals surface area contributed by atoms with Crippen molar-refractivity contribution in [2.45, 2.75) is 38.3 Å². The average molecular weight is 408 g/mol. The van der Waals surface area contributed by atoms with Gasteiger partial charge in [-0.25, -0.2) is 4.98 Å². The molecular weight excluding hydrogens is 382 g/mol. The molecule has 5 nitrogen and oxygen atoms in total. The maximum Gasteiger partial charge on any atom is 0.266 e. The summed E-state index contributed by atoms with van der Waals surface area (Å²) in [6.07, 6.45) is 3.66. The minimum absolute atomic E-state index is 0.0168. The first-order valence-electron chi connectivity index (χ1n) is 10.0. The Morgan fingerprint density at radius 1 is 1.17 bits per heavy atom. The molecule has 4 rings (SSSR count). The Bertz CT molecular complexity index is 1120. The Labute approximate surface area is 174 Å². The normalized spacial score (nSPS) is 14.0. The van der Waals surface area contributed by atoms with Gasteiger partial charge in [0, 0.05) is 6.54 Å². The van der Waals surface area contributed by atoms with E-state index in [1.54, 1.807) is 10.6 Å². The van der Waals surface area contributed by atoms with Crippen LogP contribution in [-0.2, 0) is 4.79 Å². The molecule has 1 aliphatic rings. The molecule has 3 aromatic rings. The highest BCUT2D eigenvalue weighted by Gasteiger charge is 2.19. The molecule has 0 saturated heterocycles. The number of nitrogens with zero attached hydrogens (tertiary/aromatic N) is 2. The molecule has 29 heavy (non-hydrogen) atoms. The van der Waals surface area contributed by atoms with Crippen LogP contribution in [0.3, 0.4) is 0 Å². The van der Waals surface area contributed by atoms with Gasteiger partial charge in [-0.15, -0.1) is 0 Å². The summed E-state index contributed by atoms with van der Waals surface area (Å²) in [5.74, 6) is 0.843. The van der Waals surface area contributed by atoms with E-state index in [1.165, 1.54) is 31.0 Å². The summed E-state index contributed by atoms with van der Waals surface area (Å²) in [5, 5.41) is 4.13. The van der Waals surface area contributed by atoms with Gasteiger partial charge >= 0.3 is 0 Å². The second kappa shape index (κ2) is 8.41. The molecule has 1 amide bonds. The van der Waals surface area contributed by atoms with Gasteiger partial charge in [0.25, 0.3) is 5.56 Å². The SMILES string of the molecule is Cc1cccc(-n2c(SCC(=O)NCC3CCC3)nc3ccccc3c2=O)c1C. The second-order valence-corrected chi connectivity index (χ2v) is 8.60. The fraction of sp³-hybridized carbons (Fsp3) is 0.348. The van der Waals surface area contributed by atoms with Gasteiger partial charge < -0.3 is 5.32 Å². The summed E-state index contributed by atoms with van der Waals surface area (Å²) in [5.41, 5.74) is 3.49. The van der Waals surface area contributed by atoms with Crippen molar-refractivity contribution in [1.29, 1.82) is 0 Å². The van der Waals surface area contributed by atoms with Gasteiger partial charge in [0.15, 0.2) is 5.16 Å². The van der Waals surface area contributed by atoms with Crippen molar-refractivity contribution in [3.05, 3.63) is 63.9 Å². The van der Waals surface area contributed by atoms with E-state index < -0.39 is 0 Å². The molecule has 150 valence electrons. The van der Waals surface area contributed by atoms with Gasteiger partial charge in [-0.2, -0.15) is 0 Å². The molecule has 1 fully saturated rings. The lowest BCUT2D eigenvalue weighted by atomic mass is 9.85. The van der Waals surface area contributed by atoms with Crippen LogP contribution >= 0.6 is 11.8 Å². The lowest BCUT2D eigenvalue weighted by Gasteiger charge is -2.25. The number of fused-ring (bicyclic) bond motifs is 1. The summed E-state index contributed by atoms with van der Waals surface area (Å²) >= 11 is 1.31. The Balaban J connectivity index is 1.68. The Morgan fingerprint density at radius 2 is 1.97 bits per heavy atom. The highest BCUT2D eigenvalue weighted by atomic mass is 32.2. The number of benzene rings is 2. The van der Waals surface area contributed by atoms with Crippen molar-refractivity contribution >= 4 is 28.6 Å². The average Bonchev–Trinajstić information content (AvgIpc) is 2.68. The van der Waals surface area contributed by atoms with Crippen LogP contribution in [0.1, 0.15) is 30.4 Å². The fourth-order valence-corrected chi connectivity index (χ4v) is 4.37. The number of rotatable bonds is 6. The first kappa shape index (κ1) is 19.7. The van der Waals surface area contributed by atoms with E-state index in [0.717, 1.165) is 23.4 Å². The summed E-state index contributed by atoms with van der Waals surface area (Å²) in [6, 6.07) is 13.3. The van der Waals surface area contributed by atoms with E-state index in [2.05, 4.69) is 5.32 Å². The molecule has 0 unspecified atom stereocenters. The van der Waals surface area contributed by atoms with E-state index in [4.69, 9.17) is 4.98 Å². The molecule has 1 aliphatic carbocycles. The van der Waals surface area contributed by atoms with Gasteiger partial charge in [0.2, 0.25) is 5.91 Å². The number of aromatic nitrogens is 2. The Hall–Kier alpha value is -2.60. The third-order valence-electron chi connectivity index (χ3n) is 5.71. The molecule has 0 spiro atoms. The number of hydrogen-bond acceptors (Lipinski definition) is 4. The molecule has 1 aromatic heterocycles. The van der Waals surface area contributed by atoms with Crippen LogP contribution in [0.2, 0.25) is 0 Å². The van der Waals surface area contributed by atoms with Gasteiger partial charge in [-0.05, 0) is 61.9 Å². The molecule has 0 bridgehead atoms. The minimum atomic E-state index is -0.110. The van der Waals surface area contributed by atoms with E-state index in [0.29, 0.717) is 22.0 Å². The smallest absolute Gasteiger partial charge is 0.266 e. The van der Waals surface area contributed by atoms with E-state index in [-0.39, 0.29) is 17.2 Å². The first-order valence-corrected chi connectivity index (χ1v) is 11.0. The molecule has 0 atom stereocenters. The molecular formula is C23H25N3O2S. The van der Waals surface area contributed by atoms with Gasteiger partial charge in [0.1, 0.15) is 0 Å². The van der Waals surface area contributed by atoms with Crippen molar-refractivity contribution in [2.24, 2.45) is 5.92 Å². The van der Waals surface area contributed by atoms with E-state index in [9.17, 15) is 9.59 Å². The number of para-hydroxylation sites is 1. The summed E-state index contributed by atoms with van der Waals surface area (Å²) < 4.78 is 1.65. The molecule has 1 N–H and O–H groups in total. The number of nitrogens with one attached hydrogen (secondary N) is 1. The van der Waals surface area contributed by atoms with Crippen LogP contribution in [0.4, 0.5) is 0 Å². The van der Waals surface area contributed by atoms with Crippen LogP contribution in [-0.4, -0.2) is 27.8 Å². The zero-order chi connectivity index (χ0) is 20.4. The van der Waals surface area contributed by atoms with Crippen LogP contribution in [0.25, 0.3) is 16.6 Å². The van der Waals surface area contributed by atoms with Gasteiger partial charge in [-0.1, -0.05) is 42.4 Å². The number of aryl methyl sites for hydroxylation is 1. The highest BCUT2D eigenvalue weighted by molar-refractivity contribution is 7.99. The fourth-order valence-electron chi connectivity index (χ4n) is 3.54. The van der Waals surface area contributed by atoms with Crippen molar-refractivity contribution < 1.29 is 4.79 Å². The molecule has 0 aliphatic heterocycles. The lowest BCUT2D eigenvalue weighted by molar-refractivity contribution is -0.118. The zero-order valence-corrected chi connectivity index (χ0v) is 17.6. The minimum Gasteiger partial charge on any atom is -0.355 e. The van der Waals surface area contributed by atoms with E-state index in [1.807, 2.05) is 50.2 Å². The Kier molecular flexibility index (Phi) is 5.72. The monoisotopic (exact) mass is 407 g/mol. The number of thioether (sulfide) groups is 1. The summed E-state index contributed by atoms with van der Waals surface area (Å²) in [6.45, 7) is 4.78. The summed E-state index contributed by atoms with van der Waals surface area (Å²) in [7, 11) is 0. The standard InChI is InChI=1S/C23H25N3O2S/c1-15-7-5-12-20(16(15)2)26-22(28)18-10-3-4-11-19(18)25-23(26)29-14-21(27)24-13-17-8-6-9-17/h3-5,7,10-12,17H,6,8-9,13-14H2,1-2H3,(H,24,27). The molecule has 2 aromatic carbocycles. The third kappa shape index (κ3) is 4.08. The Morgan fingerprint density at radius 3 is 2.72 bits per heavy atom. The molecule has 1 saturated carbocycles. The number of carbonyl (C=O) groups excluding carboxylic acids is 1. The van der Waals surface area contributed by atoms with Crippen molar-refractivity contribution in [3.63, 3.8) is 0 Å². The number of hydrogen-bond donors (Lipinski definition) is 1. The zero-order valence-electron chi connectivity index (χ0n) is 16.8. The van der Waals surface area contributed by atoms with Crippen LogP contribution < -0.4 is 10.9 Å². The van der Waals surface area contributed by atoms with Crippen molar-refractivity contribution in [1.82, 2.24) is 14.9 Å². The predicted molar refractivity (Wildman–Crippen MR) is 118 cm³/mol. The highest BCUT2D eigenvalue weighted by Crippen LogP contribution is 2.26. The van der Waals surface area contributed by atoms with Crippen molar-refractivity contribution in [3.8, 4) is 5.69 Å². The maximum atomic E-state index is 13.3. The predicted octanol–water partition coefficient (Wildman–Crippen LogP) is 4.01. The number of amides is 1. The van der Waals surface area contributed by atoms with Crippen molar-refractivity contribution in [2.75, 3.05) is 12.3 Å². The van der Waals surface area contributed by atoms with Crippen LogP contribution in [0.5, 0.6) is 0 Å². The van der Waals surface area contributed by atoms with Crippen LogP contribution in [0.15, 0.2) is 52.4 Å². The molecule has 1 heterocycles. The summed E-state index contributed by atoms with van der Waals surface area (Å²) in [4.78, 5) is 30.4.